The van der Waals surface area contributed by atoms with E-state index in [1.54, 1.807) is 40.3 Å². The molecule has 4 aromatic rings. The van der Waals surface area contributed by atoms with Crippen molar-refractivity contribution in [2.45, 2.75) is 12.1 Å². The van der Waals surface area contributed by atoms with E-state index < -0.39 is 12.1 Å². The van der Waals surface area contributed by atoms with E-state index in [9.17, 15) is 4.39 Å². The fourth-order valence-corrected chi connectivity index (χ4v) is 4.98. The van der Waals surface area contributed by atoms with Gasteiger partial charge in [0.1, 0.15) is 17.6 Å². The molecule has 2 aromatic carbocycles. The fourth-order valence-electron chi connectivity index (χ4n) is 4.04. The third kappa shape index (κ3) is 2.57. The average molecular weight is 438 g/mol. The summed E-state index contributed by atoms with van der Waals surface area (Å²) in [4.78, 5) is 1.00. The number of ether oxygens (including phenoxy) is 1. The third-order valence-corrected chi connectivity index (χ3v) is 6.45. The Balaban J connectivity index is 1.67. The predicted octanol–water partition coefficient (Wildman–Crippen LogP) is 5.09. The average Bonchev–Trinajstić information content (AvgIpc) is 3.44. The quantitative estimate of drug-likeness (QED) is 0.473. The second kappa shape index (κ2) is 6.65. The normalized spacial score (nSPS) is 19.4. The van der Waals surface area contributed by atoms with Crippen LogP contribution in [0.2, 0.25) is 5.02 Å². The molecule has 0 spiro atoms. The van der Waals surface area contributed by atoms with Gasteiger partial charge in [0, 0.05) is 26.6 Å². The second-order valence-corrected chi connectivity index (χ2v) is 8.40. The van der Waals surface area contributed by atoms with Gasteiger partial charge in [-0.15, -0.1) is 11.3 Å². The molecule has 6 rings (SSSR count). The standard InChI is InChI=1S/C21H13ClFN5OS/c22-11-7-8-15-13(10-11)18-17(20(29-15)16-6-3-9-30-16)19(12-4-1-2-5-14(12)23)28-21(24-18)25-26-27-28/h1-10,19-20H,(H,24,25,27)/t19-,20+/m0/s1. The highest BCUT2D eigenvalue weighted by Gasteiger charge is 2.42. The van der Waals surface area contributed by atoms with E-state index in [4.69, 9.17) is 16.3 Å². The summed E-state index contributed by atoms with van der Waals surface area (Å²) in [7, 11) is 0. The summed E-state index contributed by atoms with van der Waals surface area (Å²) >= 11 is 7.87. The number of thiophene rings is 1. The van der Waals surface area contributed by atoms with E-state index in [2.05, 4.69) is 20.8 Å². The topological polar surface area (TPSA) is 64.9 Å². The number of benzene rings is 2. The second-order valence-electron chi connectivity index (χ2n) is 6.98. The molecule has 30 heavy (non-hydrogen) atoms. The van der Waals surface area contributed by atoms with Gasteiger partial charge in [0.25, 0.3) is 0 Å². The molecule has 0 amide bonds. The van der Waals surface area contributed by atoms with Crippen molar-refractivity contribution in [2.24, 2.45) is 0 Å². The first-order valence-corrected chi connectivity index (χ1v) is 10.5. The van der Waals surface area contributed by atoms with Crippen LogP contribution in [-0.4, -0.2) is 20.2 Å². The molecule has 1 N–H and O–H groups in total. The van der Waals surface area contributed by atoms with Gasteiger partial charge in [0.15, 0.2) is 6.10 Å². The van der Waals surface area contributed by atoms with Crippen LogP contribution in [0.1, 0.15) is 28.1 Å². The van der Waals surface area contributed by atoms with Gasteiger partial charge in [-0.05, 0) is 46.1 Å². The van der Waals surface area contributed by atoms with Crippen LogP contribution in [0.25, 0.3) is 5.70 Å². The lowest BCUT2D eigenvalue weighted by atomic mass is 9.86. The van der Waals surface area contributed by atoms with Gasteiger partial charge in [-0.2, -0.15) is 4.68 Å². The summed E-state index contributed by atoms with van der Waals surface area (Å²) < 4.78 is 23.0. The van der Waals surface area contributed by atoms with Crippen LogP contribution in [-0.2, 0) is 0 Å². The van der Waals surface area contributed by atoms with Crippen LogP contribution in [0.4, 0.5) is 10.3 Å². The zero-order chi connectivity index (χ0) is 20.2. The molecule has 6 nitrogen and oxygen atoms in total. The fraction of sp³-hybridized carbons (Fsp3) is 0.0952. The maximum Gasteiger partial charge on any atom is 0.248 e. The summed E-state index contributed by atoms with van der Waals surface area (Å²) in [5, 5.41) is 18.0. The molecule has 2 aliphatic heterocycles. The molecule has 0 fully saturated rings. The van der Waals surface area contributed by atoms with Crippen molar-refractivity contribution in [3.63, 3.8) is 0 Å². The lowest BCUT2D eigenvalue weighted by molar-refractivity contribution is 0.225. The molecule has 9 heteroatoms. The van der Waals surface area contributed by atoms with Crippen LogP contribution in [0.15, 0.2) is 65.6 Å². The number of hydrogen-bond donors (Lipinski definition) is 1. The lowest BCUT2D eigenvalue weighted by Gasteiger charge is -2.38. The van der Waals surface area contributed by atoms with E-state index in [0.29, 0.717) is 22.3 Å². The highest BCUT2D eigenvalue weighted by molar-refractivity contribution is 7.10. The molecular weight excluding hydrogens is 425 g/mol. The van der Waals surface area contributed by atoms with E-state index in [1.807, 2.05) is 29.6 Å². The highest BCUT2D eigenvalue weighted by atomic mass is 35.5. The molecule has 4 heterocycles. The van der Waals surface area contributed by atoms with Crippen LogP contribution in [0.5, 0.6) is 5.75 Å². The summed E-state index contributed by atoms with van der Waals surface area (Å²) in [5.74, 6) is 0.788. The first-order valence-electron chi connectivity index (χ1n) is 9.24. The number of rotatable bonds is 2. The molecule has 2 aromatic heterocycles. The number of fused-ring (bicyclic) bond motifs is 3. The minimum atomic E-state index is -0.577. The zero-order valence-corrected chi connectivity index (χ0v) is 16.9. The monoisotopic (exact) mass is 437 g/mol. The number of halogens is 2. The minimum absolute atomic E-state index is 0.334. The Kier molecular flexibility index (Phi) is 3.90. The predicted molar refractivity (Wildman–Crippen MR) is 112 cm³/mol. The Morgan fingerprint density at radius 1 is 1.13 bits per heavy atom. The van der Waals surface area contributed by atoms with Gasteiger partial charge in [-0.25, -0.2) is 4.39 Å². The molecule has 0 bridgehead atoms. The molecule has 0 saturated heterocycles. The Bertz CT molecular complexity index is 1300. The van der Waals surface area contributed by atoms with Crippen molar-refractivity contribution < 1.29 is 9.13 Å². The number of tetrazole rings is 1. The van der Waals surface area contributed by atoms with E-state index in [0.717, 1.165) is 21.7 Å². The van der Waals surface area contributed by atoms with Crippen LogP contribution in [0.3, 0.4) is 0 Å². The van der Waals surface area contributed by atoms with Gasteiger partial charge in [-0.3, -0.25) is 0 Å². The maximum absolute atomic E-state index is 15.0. The molecule has 0 aliphatic carbocycles. The molecule has 0 unspecified atom stereocenters. The van der Waals surface area contributed by atoms with Gasteiger partial charge >= 0.3 is 0 Å². The summed E-state index contributed by atoms with van der Waals surface area (Å²) in [6, 6.07) is 15.5. The molecule has 0 saturated carbocycles. The van der Waals surface area contributed by atoms with Crippen LogP contribution < -0.4 is 10.1 Å². The van der Waals surface area contributed by atoms with Gasteiger partial charge in [0.05, 0.1) is 5.70 Å². The molecular formula is C21H13ClFN5OS. The molecule has 2 atom stereocenters. The molecule has 2 aliphatic rings. The first-order chi connectivity index (χ1) is 14.7. The minimum Gasteiger partial charge on any atom is -0.480 e. The van der Waals surface area contributed by atoms with E-state index in [1.165, 1.54) is 6.07 Å². The van der Waals surface area contributed by atoms with Crippen molar-refractivity contribution in [1.29, 1.82) is 0 Å². The van der Waals surface area contributed by atoms with Crippen molar-refractivity contribution >= 4 is 34.6 Å². The lowest BCUT2D eigenvalue weighted by Crippen LogP contribution is -2.32. The zero-order valence-electron chi connectivity index (χ0n) is 15.3. The van der Waals surface area contributed by atoms with Gasteiger partial charge in [-0.1, -0.05) is 41.0 Å². The van der Waals surface area contributed by atoms with Crippen molar-refractivity contribution in [3.8, 4) is 5.75 Å². The number of nitrogens with zero attached hydrogens (tertiary/aromatic N) is 4. The van der Waals surface area contributed by atoms with Crippen LogP contribution >= 0.6 is 22.9 Å². The smallest absolute Gasteiger partial charge is 0.248 e. The summed E-state index contributed by atoms with van der Waals surface area (Å²) in [6.45, 7) is 0. The van der Waals surface area contributed by atoms with E-state index in [-0.39, 0.29) is 5.82 Å². The third-order valence-electron chi connectivity index (χ3n) is 5.30. The van der Waals surface area contributed by atoms with Gasteiger partial charge < -0.3 is 10.1 Å². The highest BCUT2D eigenvalue weighted by Crippen LogP contribution is 2.51. The van der Waals surface area contributed by atoms with Crippen molar-refractivity contribution in [1.82, 2.24) is 20.2 Å². The SMILES string of the molecule is Fc1ccccc1[C@H]1C2=C(Nc3nnnn31)c1cc(Cl)ccc1O[C@@H]2c1cccs1. The molecule has 148 valence electrons. The Hall–Kier alpha value is -3.23. The van der Waals surface area contributed by atoms with Crippen molar-refractivity contribution in [3.05, 3.63) is 92.4 Å². The van der Waals surface area contributed by atoms with Crippen LogP contribution in [0, 0.1) is 5.82 Å². The van der Waals surface area contributed by atoms with E-state index >= 15 is 0 Å². The summed E-state index contributed by atoms with van der Waals surface area (Å²) in [6.07, 6.45) is -0.428. The largest absolute Gasteiger partial charge is 0.480 e. The number of aromatic nitrogens is 4. The Labute approximate surface area is 179 Å². The first kappa shape index (κ1) is 17.6. The maximum atomic E-state index is 15.0. The van der Waals surface area contributed by atoms with Crippen molar-refractivity contribution in [2.75, 3.05) is 5.32 Å². The summed E-state index contributed by atoms with van der Waals surface area (Å²) in [5.41, 5.74) is 2.88. The molecule has 0 radical (unpaired) electrons. The number of nitrogens with one attached hydrogen (secondary N) is 1. The number of anilines is 1. The number of hydrogen-bond acceptors (Lipinski definition) is 6. The Morgan fingerprint density at radius 2 is 2.03 bits per heavy atom. The Morgan fingerprint density at radius 3 is 2.87 bits per heavy atom. The van der Waals surface area contributed by atoms with Gasteiger partial charge in [0.2, 0.25) is 5.95 Å².